The van der Waals surface area contributed by atoms with Crippen molar-refractivity contribution in [3.8, 4) is 11.5 Å². The third-order valence-corrected chi connectivity index (χ3v) is 2.30. The molecule has 4 nitrogen and oxygen atoms in total. The van der Waals surface area contributed by atoms with Gasteiger partial charge in [0.2, 0.25) is 0 Å². The second-order valence-corrected chi connectivity index (χ2v) is 3.92. The van der Waals surface area contributed by atoms with Gasteiger partial charge >= 0.3 is 0 Å². The summed E-state index contributed by atoms with van der Waals surface area (Å²) in [6.07, 6.45) is 0. The van der Waals surface area contributed by atoms with Gasteiger partial charge in [0.05, 0.1) is 13.2 Å². The van der Waals surface area contributed by atoms with Gasteiger partial charge in [-0.3, -0.25) is 0 Å². The lowest BCUT2D eigenvalue weighted by atomic mass is 10.3. The fraction of sp³-hybridized carbons (Fsp3) is 0.538. The predicted octanol–water partition coefficient (Wildman–Crippen LogP) is 1.68. The molecule has 0 atom stereocenters. The van der Waals surface area contributed by atoms with E-state index in [1.807, 2.05) is 19.1 Å². The average Bonchev–Trinajstić information content (AvgIpc) is 2.40. The minimum atomic E-state index is -3.09. The van der Waals surface area contributed by atoms with E-state index in [2.05, 4.69) is 5.32 Å². The number of halogens is 2. The lowest BCUT2D eigenvalue weighted by Crippen LogP contribution is -2.37. The molecule has 0 heterocycles. The van der Waals surface area contributed by atoms with Crippen molar-refractivity contribution in [1.29, 1.82) is 0 Å². The molecular weight excluding hydrogens is 256 g/mol. The van der Waals surface area contributed by atoms with Gasteiger partial charge in [0, 0.05) is 6.54 Å². The molecule has 0 saturated heterocycles. The molecule has 108 valence electrons. The quantitative estimate of drug-likeness (QED) is 0.673. The van der Waals surface area contributed by atoms with Crippen molar-refractivity contribution in [2.24, 2.45) is 0 Å². The average molecular weight is 275 g/mol. The molecule has 1 aromatic carbocycles. The van der Waals surface area contributed by atoms with Crippen LogP contribution >= 0.6 is 0 Å². The number of hydrogen-bond acceptors (Lipinski definition) is 4. The molecule has 1 rings (SSSR count). The van der Waals surface area contributed by atoms with Crippen molar-refractivity contribution in [2.75, 3.05) is 32.9 Å². The Morgan fingerprint density at radius 2 is 1.84 bits per heavy atom. The number of aliphatic hydroxyl groups excluding tert-OH is 1. The molecule has 0 amide bonds. The first-order valence-electron chi connectivity index (χ1n) is 6.13. The maximum atomic E-state index is 12.7. The Kier molecular flexibility index (Phi) is 6.52. The summed E-state index contributed by atoms with van der Waals surface area (Å²) < 4.78 is 36.2. The Morgan fingerprint density at radius 1 is 1.21 bits per heavy atom. The van der Waals surface area contributed by atoms with Gasteiger partial charge in [-0.25, -0.2) is 8.78 Å². The van der Waals surface area contributed by atoms with Crippen LogP contribution in [0, 0.1) is 0 Å². The predicted molar refractivity (Wildman–Crippen MR) is 68.0 cm³/mol. The van der Waals surface area contributed by atoms with Crippen LogP contribution in [0.25, 0.3) is 0 Å². The zero-order chi connectivity index (χ0) is 14.1. The summed E-state index contributed by atoms with van der Waals surface area (Å²) in [5.74, 6) is -1.88. The smallest absolute Gasteiger partial charge is 0.282 e. The zero-order valence-electron chi connectivity index (χ0n) is 10.9. The van der Waals surface area contributed by atoms with Crippen LogP contribution in [-0.2, 0) is 0 Å². The number of nitrogens with one attached hydrogen (secondary N) is 1. The van der Waals surface area contributed by atoms with E-state index in [0.29, 0.717) is 18.1 Å². The molecule has 2 N–H and O–H groups in total. The first kappa shape index (κ1) is 15.7. The SMILES string of the molecule is CCOc1ccccc1OCCNCC(F)(F)CO. The van der Waals surface area contributed by atoms with Crippen molar-refractivity contribution in [3.05, 3.63) is 24.3 Å². The Bertz CT molecular complexity index is 375. The molecule has 0 radical (unpaired) electrons. The Morgan fingerprint density at radius 3 is 2.42 bits per heavy atom. The van der Waals surface area contributed by atoms with Gasteiger partial charge in [0.15, 0.2) is 11.5 Å². The standard InChI is InChI=1S/C13H19F2NO3/c1-2-18-11-5-3-4-6-12(11)19-8-7-16-9-13(14,15)10-17/h3-6,16-17H,2,7-10H2,1H3. The minimum Gasteiger partial charge on any atom is -0.490 e. The number of alkyl halides is 2. The third kappa shape index (κ3) is 5.85. The van der Waals surface area contributed by atoms with E-state index in [4.69, 9.17) is 14.6 Å². The van der Waals surface area contributed by atoms with Crippen LogP contribution in [0.4, 0.5) is 8.78 Å². The molecule has 1 aromatic rings. The third-order valence-electron chi connectivity index (χ3n) is 2.30. The summed E-state index contributed by atoms with van der Waals surface area (Å²) >= 11 is 0. The molecule has 0 aliphatic carbocycles. The van der Waals surface area contributed by atoms with E-state index in [9.17, 15) is 8.78 Å². The van der Waals surface area contributed by atoms with Gasteiger partial charge in [-0.1, -0.05) is 12.1 Å². The van der Waals surface area contributed by atoms with Gasteiger partial charge in [0.1, 0.15) is 13.2 Å². The lowest BCUT2D eigenvalue weighted by Gasteiger charge is -2.15. The van der Waals surface area contributed by atoms with Crippen LogP contribution in [0.1, 0.15) is 6.92 Å². The molecule has 0 aliphatic rings. The molecule has 0 fully saturated rings. The van der Waals surface area contributed by atoms with Crippen molar-refractivity contribution >= 4 is 0 Å². The number of rotatable bonds is 9. The minimum absolute atomic E-state index is 0.242. The fourth-order valence-electron chi connectivity index (χ4n) is 1.40. The summed E-state index contributed by atoms with van der Waals surface area (Å²) in [4.78, 5) is 0. The summed E-state index contributed by atoms with van der Waals surface area (Å²) in [7, 11) is 0. The fourth-order valence-corrected chi connectivity index (χ4v) is 1.40. The molecule has 0 saturated carbocycles. The van der Waals surface area contributed by atoms with Crippen LogP contribution in [0.5, 0.6) is 11.5 Å². The molecule has 0 aliphatic heterocycles. The summed E-state index contributed by atoms with van der Waals surface area (Å²) in [5, 5.41) is 10.9. The van der Waals surface area contributed by atoms with Crippen molar-refractivity contribution in [3.63, 3.8) is 0 Å². The maximum Gasteiger partial charge on any atom is 0.282 e. The highest BCUT2D eigenvalue weighted by Crippen LogP contribution is 2.26. The van der Waals surface area contributed by atoms with E-state index in [-0.39, 0.29) is 13.2 Å². The van der Waals surface area contributed by atoms with E-state index in [1.54, 1.807) is 12.1 Å². The van der Waals surface area contributed by atoms with Crippen LogP contribution in [0.2, 0.25) is 0 Å². The Hall–Kier alpha value is -1.40. The Labute approximate surface area is 111 Å². The molecule has 0 spiro atoms. The van der Waals surface area contributed by atoms with Crippen molar-refractivity contribution < 1.29 is 23.4 Å². The first-order chi connectivity index (χ1) is 9.09. The van der Waals surface area contributed by atoms with E-state index in [0.717, 1.165) is 0 Å². The van der Waals surface area contributed by atoms with E-state index < -0.39 is 19.1 Å². The van der Waals surface area contributed by atoms with Gasteiger partial charge in [-0.05, 0) is 19.1 Å². The summed E-state index contributed by atoms with van der Waals surface area (Å²) in [6.45, 7) is 1.17. The van der Waals surface area contributed by atoms with Gasteiger partial charge in [-0.2, -0.15) is 0 Å². The van der Waals surface area contributed by atoms with Crippen LogP contribution in [0.3, 0.4) is 0 Å². The summed E-state index contributed by atoms with van der Waals surface area (Å²) in [5.41, 5.74) is 0. The topological polar surface area (TPSA) is 50.7 Å². The van der Waals surface area contributed by atoms with Crippen LogP contribution < -0.4 is 14.8 Å². The largest absolute Gasteiger partial charge is 0.490 e. The van der Waals surface area contributed by atoms with Gasteiger partial charge < -0.3 is 19.9 Å². The number of hydrogen-bond donors (Lipinski definition) is 2. The second-order valence-electron chi connectivity index (χ2n) is 3.92. The van der Waals surface area contributed by atoms with E-state index in [1.165, 1.54) is 0 Å². The highest BCUT2D eigenvalue weighted by molar-refractivity contribution is 5.39. The number of ether oxygens (including phenoxy) is 2. The normalized spacial score (nSPS) is 11.4. The molecule has 19 heavy (non-hydrogen) atoms. The van der Waals surface area contributed by atoms with Crippen molar-refractivity contribution in [2.45, 2.75) is 12.8 Å². The van der Waals surface area contributed by atoms with E-state index >= 15 is 0 Å². The Balaban J connectivity index is 2.29. The molecule has 0 bridgehead atoms. The van der Waals surface area contributed by atoms with Crippen molar-refractivity contribution in [1.82, 2.24) is 5.32 Å². The highest BCUT2D eigenvalue weighted by Gasteiger charge is 2.26. The molecule has 6 heteroatoms. The molecule has 0 unspecified atom stereocenters. The van der Waals surface area contributed by atoms with Gasteiger partial charge in [0.25, 0.3) is 5.92 Å². The summed E-state index contributed by atoms with van der Waals surface area (Å²) in [6, 6.07) is 7.18. The maximum absolute atomic E-state index is 12.7. The first-order valence-corrected chi connectivity index (χ1v) is 6.13. The second kappa shape index (κ2) is 7.91. The molecule has 0 aromatic heterocycles. The highest BCUT2D eigenvalue weighted by atomic mass is 19.3. The molecular formula is C13H19F2NO3. The number of benzene rings is 1. The lowest BCUT2D eigenvalue weighted by molar-refractivity contribution is -0.0477. The zero-order valence-corrected chi connectivity index (χ0v) is 10.9. The van der Waals surface area contributed by atoms with Crippen LogP contribution in [-0.4, -0.2) is 43.9 Å². The number of aliphatic hydroxyl groups is 1. The van der Waals surface area contributed by atoms with Gasteiger partial charge in [-0.15, -0.1) is 0 Å². The monoisotopic (exact) mass is 275 g/mol. The van der Waals surface area contributed by atoms with Crippen LogP contribution in [0.15, 0.2) is 24.3 Å². The number of para-hydroxylation sites is 2.